The van der Waals surface area contributed by atoms with Gasteiger partial charge in [-0.25, -0.2) is 18.4 Å². The standard InChI is InChI=1S/C21H28F2N4O/c1-14-8-15(2)27(25-14)20-11-18(26(3)19-12-28-13-19)10-17(24-20)9-16-4-6-21(22,23)7-5-16/h8,10-11,16,19H,4-7,9,12-13H2,1-3H3. The molecule has 28 heavy (non-hydrogen) atoms. The zero-order valence-electron chi connectivity index (χ0n) is 16.8. The van der Waals surface area contributed by atoms with Crippen LogP contribution >= 0.6 is 0 Å². The second kappa shape index (κ2) is 7.43. The highest BCUT2D eigenvalue weighted by molar-refractivity contribution is 5.53. The minimum atomic E-state index is -2.49. The minimum absolute atomic E-state index is 0.0129. The molecule has 0 unspecified atom stereocenters. The van der Waals surface area contributed by atoms with E-state index < -0.39 is 5.92 Å². The molecule has 1 aliphatic heterocycles. The Morgan fingerprint density at radius 1 is 1.18 bits per heavy atom. The number of hydrogen-bond acceptors (Lipinski definition) is 4. The van der Waals surface area contributed by atoms with Crippen molar-refractivity contribution in [2.45, 2.75) is 57.9 Å². The minimum Gasteiger partial charge on any atom is -0.377 e. The summed E-state index contributed by atoms with van der Waals surface area (Å²) in [6.45, 7) is 5.43. The van der Waals surface area contributed by atoms with E-state index in [1.807, 2.05) is 24.6 Å². The summed E-state index contributed by atoms with van der Waals surface area (Å²) in [4.78, 5) is 7.07. The Labute approximate surface area is 164 Å². The SMILES string of the molecule is Cc1cc(C)n(-c2cc(N(C)C3COC3)cc(CC3CCC(F)(F)CC3)n2)n1. The Kier molecular flexibility index (Phi) is 5.12. The third kappa shape index (κ3) is 4.04. The van der Waals surface area contributed by atoms with Crippen molar-refractivity contribution in [1.29, 1.82) is 0 Å². The van der Waals surface area contributed by atoms with Crippen LogP contribution in [-0.4, -0.2) is 47.0 Å². The fraction of sp³-hybridized carbons (Fsp3) is 0.619. The number of anilines is 1. The van der Waals surface area contributed by atoms with Crippen LogP contribution in [0.25, 0.3) is 5.82 Å². The Bertz CT molecular complexity index is 837. The number of halogens is 2. The summed E-state index contributed by atoms with van der Waals surface area (Å²) in [6.07, 6.45) is 1.81. The van der Waals surface area contributed by atoms with Gasteiger partial charge in [0.15, 0.2) is 5.82 Å². The van der Waals surface area contributed by atoms with Crippen molar-refractivity contribution in [3.8, 4) is 5.82 Å². The first-order valence-corrected chi connectivity index (χ1v) is 10.0. The van der Waals surface area contributed by atoms with Crippen LogP contribution in [0.15, 0.2) is 18.2 Å². The van der Waals surface area contributed by atoms with E-state index in [2.05, 4.69) is 29.2 Å². The average Bonchev–Trinajstić information content (AvgIpc) is 2.93. The summed E-state index contributed by atoms with van der Waals surface area (Å²) in [5, 5.41) is 4.58. The molecular weight excluding hydrogens is 362 g/mol. The normalized spacial score (nSPS) is 20.2. The monoisotopic (exact) mass is 390 g/mol. The highest BCUT2D eigenvalue weighted by Crippen LogP contribution is 2.37. The molecule has 0 atom stereocenters. The fourth-order valence-corrected chi connectivity index (χ4v) is 4.09. The second-order valence-electron chi connectivity index (χ2n) is 8.32. The Morgan fingerprint density at radius 2 is 1.89 bits per heavy atom. The van der Waals surface area contributed by atoms with Gasteiger partial charge in [0, 0.05) is 43.0 Å². The number of pyridine rings is 1. The molecule has 0 radical (unpaired) electrons. The molecule has 0 spiro atoms. The Morgan fingerprint density at radius 3 is 2.46 bits per heavy atom. The number of ether oxygens (including phenoxy) is 1. The van der Waals surface area contributed by atoms with Crippen LogP contribution in [0.2, 0.25) is 0 Å². The predicted molar refractivity (Wildman–Crippen MR) is 104 cm³/mol. The summed E-state index contributed by atoms with van der Waals surface area (Å²) in [7, 11) is 2.07. The molecule has 1 saturated heterocycles. The molecule has 2 aromatic rings. The van der Waals surface area contributed by atoms with Gasteiger partial charge in [0.05, 0.1) is 24.9 Å². The van der Waals surface area contributed by atoms with Gasteiger partial charge in [-0.3, -0.25) is 0 Å². The van der Waals surface area contributed by atoms with E-state index in [0.717, 1.165) is 48.2 Å². The maximum atomic E-state index is 13.5. The van der Waals surface area contributed by atoms with Crippen molar-refractivity contribution in [3.05, 3.63) is 35.3 Å². The summed E-state index contributed by atoms with van der Waals surface area (Å²) in [6, 6.07) is 6.54. The molecule has 1 saturated carbocycles. The summed E-state index contributed by atoms with van der Waals surface area (Å²) in [5.41, 5.74) is 3.99. The molecule has 0 bridgehead atoms. The van der Waals surface area contributed by atoms with Gasteiger partial charge in [0.1, 0.15) is 0 Å². The molecule has 152 valence electrons. The number of hydrogen-bond donors (Lipinski definition) is 0. The van der Waals surface area contributed by atoms with Crippen molar-refractivity contribution in [1.82, 2.24) is 14.8 Å². The van der Waals surface area contributed by atoms with Crippen molar-refractivity contribution in [2.24, 2.45) is 5.92 Å². The lowest BCUT2D eigenvalue weighted by Crippen LogP contribution is -2.47. The third-order valence-electron chi connectivity index (χ3n) is 5.99. The van der Waals surface area contributed by atoms with E-state index in [0.29, 0.717) is 18.9 Å². The van der Waals surface area contributed by atoms with Crippen LogP contribution in [0.5, 0.6) is 0 Å². The van der Waals surface area contributed by atoms with Crippen LogP contribution in [0.4, 0.5) is 14.5 Å². The van der Waals surface area contributed by atoms with Crippen LogP contribution in [0.3, 0.4) is 0 Å². The number of nitrogens with zero attached hydrogens (tertiary/aromatic N) is 4. The van der Waals surface area contributed by atoms with Crippen LogP contribution in [0, 0.1) is 19.8 Å². The zero-order valence-corrected chi connectivity index (χ0v) is 16.8. The molecule has 3 heterocycles. The number of rotatable bonds is 5. The molecule has 0 N–H and O–H groups in total. The van der Waals surface area contributed by atoms with Gasteiger partial charge in [-0.15, -0.1) is 0 Å². The number of alkyl halides is 2. The molecule has 0 aromatic carbocycles. The molecule has 5 nitrogen and oxygen atoms in total. The highest BCUT2D eigenvalue weighted by Gasteiger charge is 2.35. The lowest BCUT2D eigenvalue weighted by molar-refractivity contribution is -0.0457. The lowest BCUT2D eigenvalue weighted by Gasteiger charge is -2.36. The second-order valence-corrected chi connectivity index (χ2v) is 8.32. The van der Waals surface area contributed by atoms with E-state index >= 15 is 0 Å². The molecule has 0 amide bonds. The quantitative estimate of drug-likeness (QED) is 0.771. The van der Waals surface area contributed by atoms with Gasteiger partial charge >= 0.3 is 0 Å². The van der Waals surface area contributed by atoms with Crippen LogP contribution in [0.1, 0.15) is 42.8 Å². The molecule has 7 heteroatoms. The first-order chi connectivity index (χ1) is 13.3. The van der Waals surface area contributed by atoms with Gasteiger partial charge in [0.25, 0.3) is 0 Å². The summed E-state index contributed by atoms with van der Waals surface area (Å²) in [5.74, 6) is -1.45. The summed E-state index contributed by atoms with van der Waals surface area (Å²) >= 11 is 0. The van der Waals surface area contributed by atoms with Gasteiger partial charge in [-0.2, -0.15) is 5.10 Å². The third-order valence-corrected chi connectivity index (χ3v) is 5.99. The summed E-state index contributed by atoms with van der Waals surface area (Å²) < 4.78 is 34.2. The number of aryl methyl sites for hydroxylation is 2. The van der Waals surface area contributed by atoms with Crippen molar-refractivity contribution in [3.63, 3.8) is 0 Å². The average molecular weight is 390 g/mol. The maximum Gasteiger partial charge on any atom is 0.248 e. The van der Waals surface area contributed by atoms with Crippen molar-refractivity contribution in [2.75, 3.05) is 25.2 Å². The van der Waals surface area contributed by atoms with Gasteiger partial charge in [-0.05, 0) is 51.2 Å². The number of aromatic nitrogens is 3. The van der Waals surface area contributed by atoms with Crippen molar-refractivity contribution < 1.29 is 13.5 Å². The van der Waals surface area contributed by atoms with E-state index in [1.165, 1.54) is 0 Å². The molecule has 2 aromatic heterocycles. The lowest BCUT2D eigenvalue weighted by atomic mass is 9.84. The van der Waals surface area contributed by atoms with Gasteiger partial charge in [-0.1, -0.05) is 0 Å². The molecule has 2 aliphatic rings. The van der Waals surface area contributed by atoms with E-state index in [4.69, 9.17) is 9.72 Å². The number of likely N-dealkylation sites (N-methyl/N-ethyl adjacent to an activating group) is 1. The molecule has 2 fully saturated rings. The topological polar surface area (TPSA) is 43.2 Å². The first kappa shape index (κ1) is 19.3. The van der Waals surface area contributed by atoms with Crippen LogP contribution in [-0.2, 0) is 11.2 Å². The molecule has 1 aliphatic carbocycles. The fourth-order valence-electron chi connectivity index (χ4n) is 4.09. The maximum absolute atomic E-state index is 13.5. The van der Waals surface area contributed by atoms with Crippen molar-refractivity contribution >= 4 is 5.69 Å². The smallest absolute Gasteiger partial charge is 0.248 e. The first-order valence-electron chi connectivity index (χ1n) is 10.0. The Hall–Kier alpha value is -2.02. The predicted octanol–water partition coefficient (Wildman–Crippen LogP) is 4.09. The molecular formula is C21H28F2N4O. The zero-order chi connectivity index (χ0) is 19.9. The Balaban J connectivity index is 1.63. The molecule has 4 rings (SSSR count). The van der Waals surface area contributed by atoms with Gasteiger partial charge < -0.3 is 9.64 Å². The van der Waals surface area contributed by atoms with Gasteiger partial charge in [0.2, 0.25) is 5.92 Å². The highest BCUT2D eigenvalue weighted by atomic mass is 19.3. The van der Waals surface area contributed by atoms with E-state index in [9.17, 15) is 8.78 Å². The van der Waals surface area contributed by atoms with Crippen LogP contribution < -0.4 is 4.90 Å². The van der Waals surface area contributed by atoms with E-state index in [1.54, 1.807) is 0 Å². The largest absolute Gasteiger partial charge is 0.377 e. The van der Waals surface area contributed by atoms with E-state index in [-0.39, 0.29) is 18.8 Å².